The molecule has 0 radical (unpaired) electrons. The van der Waals surface area contributed by atoms with Crippen LogP contribution < -0.4 is 10.6 Å². The van der Waals surface area contributed by atoms with Crippen LogP contribution in [0.25, 0.3) is 10.8 Å². The fourth-order valence-corrected chi connectivity index (χ4v) is 4.43. The SMILES string of the molecule is Cc1ccc(NC[C@@H]2CCCN2C)cc1C(=O)N[C@H](C)c1cccc2ccccc12. The van der Waals surface area contributed by atoms with E-state index in [-0.39, 0.29) is 11.9 Å². The molecule has 1 fully saturated rings. The highest BCUT2D eigenvalue weighted by Gasteiger charge is 2.21. The molecule has 1 amide bonds. The van der Waals surface area contributed by atoms with Crippen molar-refractivity contribution in [3.05, 3.63) is 77.4 Å². The van der Waals surface area contributed by atoms with E-state index in [1.54, 1.807) is 0 Å². The van der Waals surface area contributed by atoms with Crippen LogP contribution >= 0.6 is 0 Å². The summed E-state index contributed by atoms with van der Waals surface area (Å²) in [6.45, 7) is 6.12. The zero-order chi connectivity index (χ0) is 21.1. The van der Waals surface area contributed by atoms with Crippen molar-refractivity contribution in [3.63, 3.8) is 0 Å². The molecule has 156 valence electrons. The van der Waals surface area contributed by atoms with Crippen molar-refractivity contribution in [2.75, 3.05) is 25.5 Å². The lowest BCUT2D eigenvalue weighted by molar-refractivity contribution is 0.0939. The summed E-state index contributed by atoms with van der Waals surface area (Å²) in [4.78, 5) is 15.5. The standard InChI is InChI=1S/C26H31N3O/c1-18-13-14-21(27-17-22-10-7-15-29(22)3)16-25(18)26(30)28-19(2)23-12-6-9-20-8-4-5-11-24(20)23/h4-6,8-9,11-14,16,19,22,27H,7,10,15,17H2,1-3H3,(H,28,30)/t19-,22+/m1/s1. The fraction of sp³-hybridized carbons (Fsp3) is 0.346. The molecular formula is C26H31N3O. The Labute approximate surface area is 179 Å². The van der Waals surface area contributed by atoms with Gasteiger partial charge in [-0.25, -0.2) is 0 Å². The molecule has 0 bridgehead atoms. The first-order valence-corrected chi connectivity index (χ1v) is 10.9. The van der Waals surface area contributed by atoms with Crippen LogP contribution in [0, 0.1) is 6.92 Å². The Kier molecular flexibility index (Phi) is 6.05. The topological polar surface area (TPSA) is 44.4 Å². The summed E-state index contributed by atoms with van der Waals surface area (Å²) >= 11 is 0. The zero-order valence-electron chi connectivity index (χ0n) is 18.1. The molecule has 2 N–H and O–H groups in total. The van der Waals surface area contributed by atoms with Gasteiger partial charge in [0.1, 0.15) is 0 Å². The van der Waals surface area contributed by atoms with Crippen LogP contribution in [0.1, 0.15) is 47.3 Å². The first-order valence-electron chi connectivity index (χ1n) is 10.9. The second-order valence-electron chi connectivity index (χ2n) is 8.45. The Bertz CT molecular complexity index is 1040. The predicted molar refractivity (Wildman–Crippen MR) is 125 cm³/mol. The minimum atomic E-state index is -0.0771. The van der Waals surface area contributed by atoms with E-state index < -0.39 is 0 Å². The molecule has 0 aromatic heterocycles. The third-order valence-electron chi connectivity index (χ3n) is 6.33. The largest absolute Gasteiger partial charge is 0.383 e. The van der Waals surface area contributed by atoms with Crippen molar-refractivity contribution >= 4 is 22.4 Å². The molecule has 4 rings (SSSR count). The van der Waals surface area contributed by atoms with Crippen molar-refractivity contribution < 1.29 is 4.79 Å². The van der Waals surface area contributed by atoms with Gasteiger partial charge in [0.25, 0.3) is 5.91 Å². The maximum absolute atomic E-state index is 13.1. The third kappa shape index (κ3) is 4.34. The number of nitrogens with one attached hydrogen (secondary N) is 2. The third-order valence-corrected chi connectivity index (χ3v) is 6.33. The van der Waals surface area contributed by atoms with Crippen LogP contribution in [-0.4, -0.2) is 37.0 Å². The number of hydrogen-bond donors (Lipinski definition) is 2. The molecule has 2 atom stereocenters. The number of rotatable bonds is 6. The Balaban J connectivity index is 1.48. The highest BCUT2D eigenvalue weighted by Crippen LogP contribution is 2.25. The molecule has 4 heteroatoms. The van der Waals surface area contributed by atoms with Gasteiger partial charge in [-0.3, -0.25) is 4.79 Å². The Morgan fingerprint density at radius 1 is 1.13 bits per heavy atom. The Morgan fingerprint density at radius 2 is 1.93 bits per heavy atom. The zero-order valence-corrected chi connectivity index (χ0v) is 18.1. The number of anilines is 1. The molecule has 3 aromatic rings. The van der Waals surface area contributed by atoms with Gasteiger partial charge in [0.15, 0.2) is 0 Å². The van der Waals surface area contributed by atoms with Crippen LogP contribution in [0.4, 0.5) is 5.69 Å². The predicted octanol–water partition coefficient (Wildman–Crippen LogP) is 5.15. The average molecular weight is 402 g/mol. The molecule has 30 heavy (non-hydrogen) atoms. The molecule has 3 aromatic carbocycles. The summed E-state index contributed by atoms with van der Waals surface area (Å²) in [7, 11) is 2.18. The molecule has 0 spiro atoms. The number of carbonyl (C=O) groups is 1. The average Bonchev–Trinajstić information content (AvgIpc) is 3.17. The number of benzene rings is 3. The molecule has 0 saturated carbocycles. The Hall–Kier alpha value is -2.85. The van der Waals surface area contributed by atoms with Crippen molar-refractivity contribution in [2.24, 2.45) is 0 Å². The second-order valence-corrected chi connectivity index (χ2v) is 8.45. The summed E-state index contributed by atoms with van der Waals surface area (Å²) in [5, 5.41) is 9.10. The van der Waals surface area contributed by atoms with Crippen LogP contribution in [-0.2, 0) is 0 Å². The van der Waals surface area contributed by atoms with Crippen LogP contribution in [0.5, 0.6) is 0 Å². The minimum Gasteiger partial charge on any atom is -0.383 e. The van der Waals surface area contributed by atoms with E-state index in [4.69, 9.17) is 0 Å². The van der Waals surface area contributed by atoms with Gasteiger partial charge in [0, 0.05) is 23.8 Å². The van der Waals surface area contributed by atoms with E-state index in [9.17, 15) is 4.79 Å². The van der Waals surface area contributed by atoms with Crippen LogP contribution in [0.3, 0.4) is 0 Å². The van der Waals surface area contributed by atoms with Crippen LogP contribution in [0.2, 0.25) is 0 Å². The number of carbonyl (C=O) groups excluding carboxylic acids is 1. The van der Waals surface area contributed by atoms with Gasteiger partial charge < -0.3 is 15.5 Å². The monoisotopic (exact) mass is 401 g/mol. The van der Waals surface area contributed by atoms with E-state index in [0.717, 1.165) is 28.9 Å². The van der Waals surface area contributed by atoms with E-state index in [2.05, 4.69) is 59.0 Å². The lowest BCUT2D eigenvalue weighted by Gasteiger charge is -2.21. The molecular weight excluding hydrogens is 370 g/mol. The number of amides is 1. The number of fused-ring (bicyclic) bond motifs is 1. The summed E-state index contributed by atoms with van der Waals surface area (Å²) in [6.07, 6.45) is 2.49. The number of likely N-dealkylation sites (N-methyl/N-ethyl adjacent to an activating group) is 1. The number of aryl methyl sites for hydroxylation is 1. The summed E-state index contributed by atoms with van der Waals surface area (Å²) < 4.78 is 0. The number of hydrogen-bond acceptors (Lipinski definition) is 3. The van der Waals surface area contributed by atoms with Crippen molar-refractivity contribution in [1.82, 2.24) is 10.2 Å². The molecule has 4 nitrogen and oxygen atoms in total. The summed E-state index contributed by atoms with van der Waals surface area (Å²) in [6, 6.07) is 21.1. The van der Waals surface area contributed by atoms with E-state index >= 15 is 0 Å². The Morgan fingerprint density at radius 3 is 2.73 bits per heavy atom. The van der Waals surface area contributed by atoms with Gasteiger partial charge >= 0.3 is 0 Å². The maximum atomic E-state index is 13.1. The van der Waals surface area contributed by atoms with Gasteiger partial charge in [-0.2, -0.15) is 0 Å². The number of nitrogens with zero attached hydrogens (tertiary/aromatic N) is 1. The molecule has 0 unspecified atom stereocenters. The van der Waals surface area contributed by atoms with Gasteiger partial charge in [0.2, 0.25) is 0 Å². The fourth-order valence-electron chi connectivity index (χ4n) is 4.43. The van der Waals surface area contributed by atoms with Gasteiger partial charge in [0.05, 0.1) is 6.04 Å². The minimum absolute atomic E-state index is 0.0328. The summed E-state index contributed by atoms with van der Waals surface area (Å²) in [5.41, 5.74) is 3.86. The highest BCUT2D eigenvalue weighted by atomic mass is 16.1. The highest BCUT2D eigenvalue weighted by molar-refractivity contribution is 5.97. The number of likely N-dealkylation sites (tertiary alicyclic amines) is 1. The summed E-state index contributed by atoms with van der Waals surface area (Å²) in [5.74, 6) is -0.0328. The first kappa shape index (κ1) is 20.4. The molecule has 1 heterocycles. The van der Waals surface area contributed by atoms with E-state index in [0.29, 0.717) is 6.04 Å². The van der Waals surface area contributed by atoms with Crippen molar-refractivity contribution in [3.8, 4) is 0 Å². The maximum Gasteiger partial charge on any atom is 0.252 e. The molecule has 0 aliphatic carbocycles. The molecule has 1 aliphatic heterocycles. The quantitative estimate of drug-likeness (QED) is 0.601. The van der Waals surface area contributed by atoms with E-state index in [1.165, 1.54) is 30.2 Å². The van der Waals surface area contributed by atoms with Gasteiger partial charge in [-0.15, -0.1) is 0 Å². The van der Waals surface area contributed by atoms with Gasteiger partial charge in [-0.1, -0.05) is 48.5 Å². The van der Waals surface area contributed by atoms with Crippen molar-refractivity contribution in [2.45, 2.75) is 38.8 Å². The normalized spacial score (nSPS) is 17.8. The van der Waals surface area contributed by atoms with Crippen LogP contribution in [0.15, 0.2) is 60.7 Å². The van der Waals surface area contributed by atoms with Crippen molar-refractivity contribution in [1.29, 1.82) is 0 Å². The first-order chi connectivity index (χ1) is 14.5. The smallest absolute Gasteiger partial charge is 0.252 e. The second kappa shape index (κ2) is 8.88. The lowest BCUT2D eigenvalue weighted by Crippen LogP contribution is -2.31. The van der Waals surface area contributed by atoms with Gasteiger partial charge in [-0.05, 0) is 74.3 Å². The van der Waals surface area contributed by atoms with E-state index in [1.807, 2.05) is 38.1 Å². The molecule has 1 aliphatic rings. The molecule has 1 saturated heterocycles. The lowest BCUT2D eigenvalue weighted by atomic mass is 9.99.